The van der Waals surface area contributed by atoms with E-state index in [1.165, 1.54) is 17.9 Å². The molecule has 24 heavy (non-hydrogen) atoms. The van der Waals surface area contributed by atoms with E-state index in [1.54, 1.807) is 18.2 Å². The number of amides is 2. The van der Waals surface area contributed by atoms with Gasteiger partial charge in [-0.25, -0.2) is 4.39 Å². The van der Waals surface area contributed by atoms with E-state index in [-0.39, 0.29) is 30.7 Å². The predicted octanol–water partition coefficient (Wildman–Crippen LogP) is 3.11. The van der Waals surface area contributed by atoms with Crippen LogP contribution < -0.4 is 10.2 Å². The minimum absolute atomic E-state index is 0.0874. The van der Waals surface area contributed by atoms with E-state index in [4.69, 9.17) is 0 Å². The molecule has 0 saturated carbocycles. The maximum absolute atomic E-state index is 13.6. The summed E-state index contributed by atoms with van der Waals surface area (Å²) in [5.74, 6) is -0.924. The zero-order valence-electron chi connectivity index (χ0n) is 14.1. The number of aryl methyl sites for hydroxylation is 2. The average Bonchev–Trinajstić information content (AvgIpc) is 2.52. The number of hydrogen-bond acceptors (Lipinski definition) is 2. The quantitative estimate of drug-likeness (QED) is 0.917. The van der Waals surface area contributed by atoms with Gasteiger partial charge in [-0.1, -0.05) is 35.9 Å². The van der Waals surface area contributed by atoms with Crippen LogP contribution in [-0.2, 0) is 16.1 Å². The molecule has 0 fully saturated rings. The number of benzene rings is 2. The number of nitrogens with zero attached hydrogens (tertiary/aromatic N) is 1. The Labute approximate surface area is 141 Å². The third kappa shape index (κ3) is 4.41. The van der Waals surface area contributed by atoms with Crippen LogP contribution in [0.3, 0.4) is 0 Å². The van der Waals surface area contributed by atoms with Gasteiger partial charge in [-0.2, -0.15) is 0 Å². The van der Waals surface area contributed by atoms with Gasteiger partial charge in [0.1, 0.15) is 12.4 Å². The lowest BCUT2D eigenvalue weighted by Crippen LogP contribution is -2.40. The van der Waals surface area contributed by atoms with Crippen LogP contribution >= 0.6 is 0 Å². The fourth-order valence-electron chi connectivity index (χ4n) is 2.51. The first kappa shape index (κ1) is 17.7. The summed E-state index contributed by atoms with van der Waals surface area (Å²) in [5.41, 5.74) is 3.12. The van der Waals surface area contributed by atoms with E-state index in [0.29, 0.717) is 11.3 Å². The summed E-state index contributed by atoms with van der Waals surface area (Å²) in [6, 6.07) is 12.0. The highest BCUT2D eigenvalue weighted by Crippen LogP contribution is 2.21. The van der Waals surface area contributed by atoms with Crippen molar-refractivity contribution in [2.45, 2.75) is 27.3 Å². The SMILES string of the molecule is CC(=O)N(CC(=O)NCc1ccccc1F)c1ccc(C)cc1C. The standard InChI is InChI=1S/C19H21FN2O2/c1-13-8-9-18(14(2)10-13)22(15(3)23)12-19(24)21-11-16-6-4-5-7-17(16)20/h4-10H,11-12H2,1-3H3,(H,21,24). The van der Waals surface area contributed by atoms with E-state index in [1.807, 2.05) is 32.0 Å². The van der Waals surface area contributed by atoms with Crippen molar-refractivity contribution in [3.8, 4) is 0 Å². The molecule has 0 radical (unpaired) electrons. The second-order valence-electron chi connectivity index (χ2n) is 5.76. The van der Waals surface area contributed by atoms with Crippen LogP contribution in [0, 0.1) is 19.7 Å². The number of anilines is 1. The summed E-state index contributed by atoms with van der Waals surface area (Å²) in [4.78, 5) is 25.5. The highest BCUT2D eigenvalue weighted by Gasteiger charge is 2.17. The second-order valence-corrected chi connectivity index (χ2v) is 5.76. The molecule has 0 heterocycles. The van der Waals surface area contributed by atoms with Gasteiger partial charge in [-0.15, -0.1) is 0 Å². The van der Waals surface area contributed by atoms with Gasteiger partial charge in [-0.3, -0.25) is 9.59 Å². The fourth-order valence-corrected chi connectivity index (χ4v) is 2.51. The minimum atomic E-state index is -0.365. The predicted molar refractivity (Wildman–Crippen MR) is 92.2 cm³/mol. The summed E-state index contributed by atoms with van der Waals surface area (Å²) in [5, 5.41) is 2.65. The van der Waals surface area contributed by atoms with Gasteiger partial charge in [0, 0.05) is 24.7 Å². The molecule has 0 saturated heterocycles. The van der Waals surface area contributed by atoms with E-state index in [2.05, 4.69) is 5.32 Å². The molecular formula is C19H21FN2O2. The summed E-state index contributed by atoms with van der Waals surface area (Å²) >= 11 is 0. The van der Waals surface area contributed by atoms with Crippen molar-refractivity contribution >= 4 is 17.5 Å². The summed E-state index contributed by atoms with van der Waals surface area (Å²) in [7, 11) is 0. The molecule has 0 aromatic heterocycles. The average molecular weight is 328 g/mol. The van der Waals surface area contributed by atoms with E-state index < -0.39 is 0 Å². The van der Waals surface area contributed by atoms with E-state index in [9.17, 15) is 14.0 Å². The van der Waals surface area contributed by atoms with Gasteiger partial charge >= 0.3 is 0 Å². The van der Waals surface area contributed by atoms with Crippen molar-refractivity contribution in [2.75, 3.05) is 11.4 Å². The minimum Gasteiger partial charge on any atom is -0.350 e. The lowest BCUT2D eigenvalue weighted by atomic mass is 10.1. The largest absolute Gasteiger partial charge is 0.350 e. The van der Waals surface area contributed by atoms with Gasteiger partial charge in [0.15, 0.2) is 0 Å². The molecule has 0 aliphatic heterocycles. The molecule has 2 amide bonds. The van der Waals surface area contributed by atoms with Gasteiger partial charge in [-0.05, 0) is 31.5 Å². The van der Waals surface area contributed by atoms with Crippen molar-refractivity contribution in [1.29, 1.82) is 0 Å². The lowest BCUT2D eigenvalue weighted by Gasteiger charge is -2.23. The molecule has 0 aliphatic rings. The normalized spacial score (nSPS) is 10.3. The van der Waals surface area contributed by atoms with Crippen LogP contribution in [0.2, 0.25) is 0 Å². The lowest BCUT2D eigenvalue weighted by molar-refractivity contribution is -0.123. The zero-order chi connectivity index (χ0) is 17.7. The summed E-state index contributed by atoms with van der Waals surface area (Å²) in [6.07, 6.45) is 0. The smallest absolute Gasteiger partial charge is 0.240 e. The maximum Gasteiger partial charge on any atom is 0.240 e. The van der Waals surface area contributed by atoms with E-state index in [0.717, 1.165) is 11.1 Å². The van der Waals surface area contributed by atoms with Gasteiger partial charge < -0.3 is 10.2 Å². The Balaban J connectivity index is 2.06. The Morgan fingerprint density at radius 1 is 1.12 bits per heavy atom. The van der Waals surface area contributed by atoms with Crippen LogP contribution in [0.1, 0.15) is 23.6 Å². The van der Waals surface area contributed by atoms with Crippen molar-refractivity contribution in [3.05, 3.63) is 65.0 Å². The third-order valence-electron chi connectivity index (χ3n) is 3.76. The number of rotatable bonds is 5. The van der Waals surface area contributed by atoms with Crippen molar-refractivity contribution in [3.63, 3.8) is 0 Å². The molecule has 0 atom stereocenters. The molecule has 2 aromatic carbocycles. The highest BCUT2D eigenvalue weighted by molar-refractivity contribution is 5.98. The number of nitrogens with one attached hydrogen (secondary N) is 1. The van der Waals surface area contributed by atoms with Crippen molar-refractivity contribution in [1.82, 2.24) is 5.32 Å². The summed E-state index contributed by atoms with van der Waals surface area (Å²) in [6.45, 7) is 5.27. The fraction of sp³-hybridized carbons (Fsp3) is 0.263. The number of halogens is 1. The highest BCUT2D eigenvalue weighted by atomic mass is 19.1. The topological polar surface area (TPSA) is 49.4 Å². The second kappa shape index (κ2) is 7.73. The Hall–Kier alpha value is -2.69. The Kier molecular flexibility index (Phi) is 5.68. The van der Waals surface area contributed by atoms with E-state index >= 15 is 0 Å². The monoisotopic (exact) mass is 328 g/mol. The molecule has 2 rings (SSSR count). The Morgan fingerprint density at radius 3 is 2.46 bits per heavy atom. The molecule has 0 aliphatic carbocycles. The van der Waals surface area contributed by atoms with Crippen LogP contribution in [0.25, 0.3) is 0 Å². The molecule has 0 bridgehead atoms. The maximum atomic E-state index is 13.6. The Bertz CT molecular complexity index is 759. The van der Waals surface area contributed by atoms with Crippen molar-refractivity contribution < 1.29 is 14.0 Å². The number of hydrogen-bond donors (Lipinski definition) is 1. The molecule has 1 N–H and O–H groups in total. The number of carbonyl (C=O) groups excluding carboxylic acids is 2. The first-order valence-electron chi connectivity index (χ1n) is 7.74. The molecular weight excluding hydrogens is 307 g/mol. The molecule has 0 unspecified atom stereocenters. The molecule has 0 spiro atoms. The number of carbonyl (C=O) groups is 2. The first-order valence-corrected chi connectivity index (χ1v) is 7.74. The molecule has 4 nitrogen and oxygen atoms in total. The van der Waals surface area contributed by atoms with Crippen LogP contribution in [0.4, 0.5) is 10.1 Å². The first-order chi connectivity index (χ1) is 11.4. The Morgan fingerprint density at radius 2 is 1.83 bits per heavy atom. The van der Waals surface area contributed by atoms with Gasteiger partial charge in [0.2, 0.25) is 11.8 Å². The van der Waals surface area contributed by atoms with Crippen LogP contribution in [-0.4, -0.2) is 18.4 Å². The van der Waals surface area contributed by atoms with Gasteiger partial charge in [0.25, 0.3) is 0 Å². The third-order valence-corrected chi connectivity index (χ3v) is 3.76. The van der Waals surface area contributed by atoms with Crippen LogP contribution in [0.5, 0.6) is 0 Å². The van der Waals surface area contributed by atoms with Crippen molar-refractivity contribution in [2.24, 2.45) is 0 Å². The summed E-state index contributed by atoms with van der Waals surface area (Å²) < 4.78 is 13.6. The zero-order valence-corrected chi connectivity index (χ0v) is 14.1. The molecule has 5 heteroatoms. The van der Waals surface area contributed by atoms with Crippen LogP contribution in [0.15, 0.2) is 42.5 Å². The molecule has 2 aromatic rings. The van der Waals surface area contributed by atoms with Gasteiger partial charge in [0.05, 0.1) is 0 Å². The molecule has 126 valence electrons.